The number of hydrogen-bond donors (Lipinski definition) is 0. The summed E-state index contributed by atoms with van der Waals surface area (Å²) in [6.45, 7) is 13.9. The van der Waals surface area contributed by atoms with Gasteiger partial charge >= 0.3 is 0 Å². The van der Waals surface area contributed by atoms with Crippen molar-refractivity contribution in [3.05, 3.63) is 108 Å². The highest BCUT2D eigenvalue weighted by Gasteiger charge is 2.07. The van der Waals surface area contributed by atoms with Crippen LogP contribution in [-0.2, 0) is 12.8 Å². The van der Waals surface area contributed by atoms with E-state index in [1.165, 1.54) is 42.4 Å². The normalized spacial score (nSPS) is 12.1. The van der Waals surface area contributed by atoms with Gasteiger partial charge in [-0.2, -0.15) is 0 Å². The minimum atomic E-state index is 0.538. The van der Waals surface area contributed by atoms with E-state index in [9.17, 15) is 0 Å². The summed E-state index contributed by atoms with van der Waals surface area (Å²) in [6.07, 6.45) is 8.55. The zero-order valence-corrected chi connectivity index (χ0v) is 22.8. The van der Waals surface area contributed by atoms with E-state index in [0.29, 0.717) is 17.8 Å². The average Bonchev–Trinajstić information content (AvgIpc) is 2.82. The Labute approximate surface area is 211 Å². The maximum atomic E-state index is 2.35. The third kappa shape index (κ3) is 14.0. The van der Waals surface area contributed by atoms with Crippen LogP contribution in [0.5, 0.6) is 0 Å². The van der Waals surface area contributed by atoms with Gasteiger partial charge in [-0.3, -0.25) is 0 Å². The first kappa shape index (κ1) is 29.7. The van der Waals surface area contributed by atoms with E-state index in [4.69, 9.17) is 0 Å². The highest BCUT2D eigenvalue weighted by atomic mass is 14.1. The Morgan fingerprint density at radius 3 is 1.71 bits per heavy atom. The summed E-state index contributed by atoms with van der Waals surface area (Å²) in [6, 6.07) is 33.1. The Bertz CT molecular complexity index is 847. The molecule has 0 fully saturated rings. The number of unbranched alkanes of at least 4 members (excludes halogenated alkanes) is 3. The molecule has 0 heteroatoms. The third-order valence-corrected chi connectivity index (χ3v) is 6.68. The van der Waals surface area contributed by atoms with Gasteiger partial charge in [0.05, 0.1) is 0 Å². The molecule has 0 aliphatic rings. The van der Waals surface area contributed by atoms with Crippen molar-refractivity contribution in [1.82, 2.24) is 0 Å². The van der Waals surface area contributed by atoms with Crippen molar-refractivity contribution < 1.29 is 0 Å². The summed E-state index contributed by atoms with van der Waals surface area (Å²) >= 11 is 0. The molecule has 0 aliphatic carbocycles. The predicted octanol–water partition coefficient (Wildman–Crippen LogP) is 10.5. The second-order valence-electron chi connectivity index (χ2n) is 9.93. The van der Waals surface area contributed by atoms with E-state index in [2.05, 4.69) is 133 Å². The molecule has 1 aromatic carbocycles. The molecule has 0 N–H and O–H groups in total. The molecule has 0 radical (unpaired) electrons. The first-order valence-electron chi connectivity index (χ1n) is 13.6. The molecule has 2 unspecified atom stereocenters. The van der Waals surface area contributed by atoms with Gasteiger partial charge in [0.1, 0.15) is 0 Å². The largest absolute Gasteiger partial charge is 0.0654 e. The smallest absolute Gasteiger partial charge is 0.0193 e. The van der Waals surface area contributed by atoms with Crippen LogP contribution in [0, 0.1) is 11.8 Å². The fraction of sp³-hybridized carbons (Fsp3) is 0.471. The van der Waals surface area contributed by atoms with Crippen molar-refractivity contribution in [2.24, 2.45) is 11.8 Å². The topological polar surface area (TPSA) is 0 Å². The Hall–Kier alpha value is -2.34. The molecule has 0 bridgehead atoms. The summed E-state index contributed by atoms with van der Waals surface area (Å²) in [5.74, 6) is 1.88. The lowest BCUT2D eigenvalue weighted by molar-refractivity contribution is 0.417. The zero-order chi connectivity index (χ0) is 25.0. The van der Waals surface area contributed by atoms with Crippen LogP contribution in [0.2, 0.25) is 0 Å². The van der Waals surface area contributed by atoms with Gasteiger partial charge in [0.2, 0.25) is 0 Å². The van der Waals surface area contributed by atoms with E-state index in [1.54, 1.807) is 0 Å². The highest BCUT2D eigenvalue weighted by Crippen LogP contribution is 2.19. The molecule has 186 valence electrons. The fourth-order valence-electron chi connectivity index (χ4n) is 3.63. The zero-order valence-electron chi connectivity index (χ0n) is 22.8. The molecule has 34 heavy (non-hydrogen) atoms. The van der Waals surface area contributed by atoms with Crippen molar-refractivity contribution in [2.75, 3.05) is 0 Å². The summed E-state index contributed by atoms with van der Waals surface area (Å²) < 4.78 is 0. The molecule has 0 aliphatic heterocycles. The van der Waals surface area contributed by atoms with E-state index in [0.717, 1.165) is 19.3 Å². The third-order valence-electron chi connectivity index (χ3n) is 6.68. The molecule has 0 nitrogen and oxygen atoms in total. The van der Waals surface area contributed by atoms with E-state index in [1.807, 2.05) is 0 Å². The van der Waals surface area contributed by atoms with Gasteiger partial charge in [-0.25, -0.2) is 0 Å². The van der Waals surface area contributed by atoms with Crippen LogP contribution in [0.4, 0.5) is 0 Å². The molecule has 0 spiro atoms. The molecule has 0 heterocycles. The van der Waals surface area contributed by atoms with Crippen molar-refractivity contribution in [1.29, 1.82) is 0 Å². The molecule has 1 rings (SSSR count). The predicted molar refractivity (Wildman–Crippen MR) is 154 cm³/mol. The summed E-state index contributed by atoms with van der Waals surface area (Å²) in [5.41, 5.74) is 4.17. The highest BCUT2D eigenvalue weighted by molar-refractivity contribution is 5.20. The van der Waals surface area contributed by atoms with E-state index in [-0.39, 0.29) is 0 Å². The number of hydrogen-bond acceptors (Lipinski definition) is 0. The second-order valence-corrected chi connectivity index (χ2v) is 9.93. The van der Waals surface area contributed by atoms with Crippen LogP contribution >= 0.6 is 0 Å². The van der Waals surface area contributed by atoms with Gasteiger partial charge in [-0.15, -0.1) is 0 Å². The van der Waals surface area contributed by atoms with Crippen molar-refractivity contribution in [2.45, 2.75) is 92.4 Å². The van der Waals surface area contributed by atoms with Gasteiger partial charge in [0.25, 0.3) is 0 Å². The Balaban J connectivity index is 3.49. The molecular weight excluding hydrogens is 408 g/mol. The van der Waals surface area contributed by atoms with Crippen LogP contribution in [0.1, 0.15) is 96.3 Å². The fourth-order valence-corrected chi connectivity index (χ4v) is 3.63. The average molecular weight is 459 g/mol. The van der Waals surface area contributed by atoms with Gasteiger partial charge in [-0.05, 0) is 60.1 Å². The minimum Gasteiger partial charge on any atom is -0.0654 e. The van der Waals surface area contributed by atoms with Crippen LogP contribution in [0.3, 0.4) is 0 Å². The van der Waals surface area contributed by atoms with Gasteiger partial charge in [0.15, 0.2) is 0 Å². The van der Waals surface area contributed by atoms with Gasteiger partial charge in [-0.1, -0.05) is 152 Å². The van der Waals surface area contributed by atoms with Crippen LogP contribution in [-0.4, -0.2) is 0 Å². The van der Waals surface area contributed by atoms with Crippen molar-refractivity contribution >= 4 is 0 Å². The Morgan fingerprint density at radius 1 is 0.559 bits per heavy atom. The van der Waals surface area contributed by atoms with Gasteiger partial charge in [0, 0.05) is 0 Å². The quantitative estimate of drug-likeness (QED) is 0.306. The molecule has 2 atom stereocenters. The summed E-state index contributed by atoms with van der Waals surface area (Å²) in [5, 5.41) is 0. The first-order valence-corrected chi connectivity index (χ1v) is 13.6. The SMILES string of the molecule is CCCCCCc1cccccccccc(CC(C)C(C)C)ccc(C(C)CC)cccc1. The number of aryl methyl sites for hydroxylation is 1. The van der Waals surface area contributed by atoms with Crippen LogP contribution in [0.15, 0.2) is 91.0 Å². The first-order chi connectivity index (χ1) is 16.5. The molecule has 0 aromatic heterocycles. The Morgan fingerprint density at radius 2 is 1.12 bits per heavy atom. The number of rotatable bonds is 10. The second kappa shape index (κ2) is 19.0. The monoisotopic (exact) mass is 458 g/mol. The standard InChI is InChI=1S/C34H50/c1-7-9-10-16-21-32-22-17-14-12-11-13-15-18-24-33(28-31(6)29(3)4)26-27-34(30(5)8-2)25-20-19-23-32/h11-15,17-20,22-27,29-31H,7-10,16,21,28H2,1-6H3. The van der Waals surface area contributed by atoms with Crippen molar-refractivity contribution in [3.63, 3.8) is 0 Å². The molecular formula is C34H50. The maximum absolute atomic E-state index is 2.35. The molecule has 1 aromatic rings. The van der Waals surface area contributed by atoms with E-state index < -0.39 is 0 Å². The lowest BCUT2D eigenvalue weighted by atomic mass is 9.91. The molecule has 0 saturated carbocycles. The summed E-state index contributed by atoms with van der Waals surface area (Å²) in [4.78, 5) is 0. The minimum absolute atomic E-state index is 0.538. The lowest BCUT2D eigenvalue weighted by Crippen LogP contribution is -2.06. The van der Waals surface area contributed by atoms with Crippen LogP contribution in [0.25, 0.3) is 0 Å². The molecule has 0 saturated heterocycles. The van der Waals surface area contributed by atoms with Crippen molar-refractivity contribution in [3.8, 4) is 0 Å². The maximum Gasteiger partial charge on any atom is -0.0193 e. The Kier molecular flexibility index (Phi) is 16.6. The van der Waals surface area contributed by atoms with Crippen LogP contribution < -0.4 is 0 Å². The van der Waals surface area contributed by atoms with Gasteiger partial charge < -0.3 is 0 Å². The summed E-state index contributed by atoms with van der Waals surface area (Å²) in [7, 11) is 0. The molecule has 0 amide bonds. The van der Waals surface area contributed by atoms with E-state index >= 15 is 0 Å². The lowest BCUT2D eigenvalue weighted by Gasteiger charge is -2.14.